The number of alkyl halides is 3. The maximum absolute atomic E-state index is 12.9. The zero-order chi connectivity index (χ0) is 21.7. The highest BCUT2D eigenvalue weighted by Gasteiger charge is 2.34. The number of para-hydroxylation sites is 1. The van der Waals surface area contributed by atoms with E-state index in [0.717, 1.165) is 12.1 Å². The normalized spacial score (nSPS) is 11.6. The second-order valence-corrected chi connectivity index (χ2v) is 8.04. The number of benzene rings is 2. The number of hydrogen-bond acceptors (Lipinski definition) is 4. The Kier molecular flexibility index (Phi) is 7.41. The molecule has 0 aliphatic carbocycles. The number of nitrogens with one attached hydrogen (secondary N) is 4. The van der Waals surface area contributed by atoms with Crippen LogP contribution in [0.2, 0.25) is 5.02 Å². The van der Waals surface area contributed by atoms with Crippen molar-refractivity contribution in [3.8, 4) is 0 Å². The quantitative estimate of drug-likeness (QED) is 0.399. The average Bonchev–Trinajstić information content (AvgIpc) is 2.65. The summed E-state index contributed by atoms with van der Waals surface area (Å²) >= 11 is 10.4. The smallest absolute Gasteiger partial charge is 0.331 e. The molecule has 1 amide bonds. The van der Waals surface area contributed by atoms with Crippen LogP contribution in [0.4, 0.5) is 18.9 Å². The zero-order valence-electron chi connectivity index (χ0n) is 14.4. The molecule has 13 heteroatoms. The number of hydrazine groups is 1. The summed E-state index contributed by atoms with van der Waals surface area (Å²) in [5, 5.41) is 2.17. The minimum atomic E-state index is -4.83. The van der Waals surface area contributed by atoms with E-state index < -0.39 is 44.1 Å². The lowest BCUT2D eigenvalue weighted by Gasteiger charge is -2.13. The van der Waals surface area contributed by atoms with Crippen LogP contribution in [-0.4, -0.2) is 26.0 Å². The Hall–Kier alpha value is -2.41. The minimum Gasteiger partial charge on any atom is -0.331 e. The monoisotopic (exact) mass is 466 g/mol. The van der Waals surface area contributed by atoms with Crippen LogP contribution < -0.4 is 20.9 Å². The topological polar surface area (TPSA) is 99.3 Å². The molecule has 0 aliphatic heterocycles. The summed E-state index contributed by atoms with van der Waals surface area (Å²) in [5.74, 6) is -0.823. The van der Waals surface area contributed by atoms with E-state index in [1.807, 2.05) is 4.72 Å². The van der Waals surface area contributed by atoms with E-state index >= 15 is 0 Å². The second kappa shape index (κ2) is 9.39. The van der Waals surface area contributed by atoms with Crippen molar-refractivity contribution in [2.75, 3.05) is 11.9 Å². The van der Waals surface area contributed by atoms with Gasteiger partial charge in [0.05, 0.1) is 22.0 Å². The van der Waals surface area contributed by atoms with Crippen LogP contribution in [0.25, 0.3) is 0 Å². The second-order valence-electron chi connectivity index (χ2n) is 5.46. The predicted molar refractivity (Wildman–Crippen MR) is 106 cm³/mol. The Balaban J connectivity index is 1.91. The van der Waals surface area contributed by atoms with E-state index in [1.54, 1.807) is 30.3 Å². The lowest BCUT2D eigenvalue weighted by atomic mass is 10.2. The fourth-order valence-electron chi connectivity index (χ4n) is 1.99. The molecule has 0 atom stereocenters. The third kappa shape index (κ3) is 6.85. The van der Waals surface area contributed by atoms with E-state index in [-0.39, 0.29) is 5.11 Å². The van der Waals surface area contributed by atoms with Crippen molar-refractivity contribution in [1.29, 1.82) is 0 Å². The first-order chi connectivity index (χ1) is 13.5. The number of sulfonamides is 1. The Morgan fingerprint density at radius 3 is 2.34 bits per heavy atom. The molecule has 0 aliphatic rings. The van der Waals surface area contributed by atoms with Gasteiger partial charge in [0.25, 0.3) is 5.91 Å². The molecule has 0 spiro atoms. The molecule has 4 N–H and O–H groups in total. The van der Waals surface area contributed by atoms with Crippen LogP contribution in [0, 0.1) is 0 Å². The lowest BCUT2D eigenvalue weighted by Crippen LogP contribution is -2.47. The summed E-state index contributed by atoms with van der Waals surface area (Å²) in [6.45, 7) is -0.743. The first-order valence-electron chi connectivity index (χ1n) is 7.76. The van der Waals surface area contributed by atoms with Gasteiger partial charge in [0.1, 0.15) is 0 Å². The van der Waals surface area contributed by atoms with Crippen LogP contribution in [0.1, 0.15) is 5.56 Å². The molecule has 156 valence electrons. The molecule has 0 fully saturated rings. The molecule has 0 saturated heterocycles. The van der Waals surface area contributed by atoms with Crippen LogP contribution >= 0.6 is 23.8 Å². The summed E-state index contributed by atoms with van der Waals surface area (Å²) in [7, 11) is -4.39. The molecule has 0 radical (unpaired) electrons. The van der Waals surface area contributed by atoms with Gasteiger partial charge in [-0.2, -0.15) is 13.2 Å². The van der Waals surface area contributed by atoms with Gasteiger partial charge < -0.3 is 5.32 Å². The molecule has 0 saturated carbocycles. The van der Waals surface area contributed by atoms with E-state index in [1.165, 1.54) is 0 Å². The molecule has 0 bridgehead atoms. The standard InChI is InChI=1S/C16H14ClF3N4O3S2/c17-13-7-6-11(8-12(13)16(18,19)20)29(26,27)21-9-14(25)23-24-15(28)22-10-4-2-1-3-5-10/h1-8,21H,9H2,(H,23,25)(H2,22,24,28). The molecule has 2 rings (SSSR count). The Morgan fingerprint density at radius 2 is 1.72 bits per heavy atom. The fourth-order valence-corrected chi connectivity index (χ4v) is 3.39. The van der Waals surface area contributed by atoms with Gasteiger partial charge in [0.15, 0.2) is 5.11 Å². The number of anilines is 1. The molecular formula is C16H14ClF3N4O3S2. The van der Waals surface area contributed by atoms with Gasteiger partial charge in [0.2, 0.25) is 10.0 Å². The largest absolute Gasteiger partial charge is 0.417 e. The van der Waals surface area contributed by atoms with Gasteiger partial charge in [0, 0.05) is 5.69 Å². The molecule has 29 heavy (non-hydrogen) atoms. The van der Waals surface area contributed by atoms with Gasteiger partial charge >= 0.3 is 6.18 Å². The van der Waals surface area contributed by atoms with Crippen LogP contribution in [0.3, 0.4) is 0 Å². The summed E-state index contributed by atoms with van der Waals surface area (Å²) in [5.41, 5.74) is 3.87. The van der Waals surface area contributed by atoms with Crippen molar-refractivity contribution in [2.45, 2.75) is 11.1 Å². The maximum Gasteiger partial charge on any atom is 0.417 e. The predicted octanol–water partition coefficient (Wildman–Crippen LogP) is 2.65. The van der Waals surface area contributed by atoms with E-state index in [0.29, 0.717) is 11.8 Å². The number of hydrogen-bond donors (Lipinski definition) is 4. The minimum absolute atomic E-state index is 0.0416. The summed E-state index contributed by atoms with van der Waals surface area (Å²) < 4.78 is 64.8. The molecule has 0 unspecified atom stereocenters. The van der Waals surface area contributed by atoms with Gasteiger partial charge in [-0.3, -0.25) is 15.6 Å². The van der Waals surface area contributed by atoms with Crippen molar-refractivity contribution >= 4 is 50.5 Å². The SMILES string of the molecule is O=C(CNS(=O)(=O)c1ccc(Cl)c(C(F)(F)F)c1)NNC(=S)Nc1ccccc1. The number of carbonyl (C=O) groups is 1. The molecular weight excluding hydrogens is 453 g/mol. The first-order valence-corrected chi connectivity index (χ1v) is 10.0. The van der Waals surface area contributed by atoms with E-state index in [9.17, 15) is 26.4 Å². The molecule has 0 aromatic heterocycles. The number of amides is 1. The number of carbonyl (C=O) groups excluding carboxylic acids is 1. The third-order valence-electron chi connectivity index (χ3n) is 3.32. The first kappa shape index (κ1) is 22.9. The molecule has 2 aromatic rings. The number of rotatable bonds is 5. The summed E-state index contributed by atoms with van der Waals surface area (Å²) in [6, 6.07) is 10.9. The van der Waals surface area contributed by atoms with Crippen molar-refractivity contribution in [3.05, 3.63) is 59.1 Å². The summed E-state index contributed by atoms with van der Waals surface area (Å²) in [6.07, 6.45) is -4.83. The van der Waals surface area contributed by atoms with Crippen LogP contribution in [0.5, 0.6) is 0 Å². The Bertz CT molecular complexity index is 1000. The molecule has 7 nitrogen and oxygen atoms in total. The molecule has 0 heterocycles. The van der Waals surface area contributed by atoms with E-state index in [2.05, 4.69) is 16.2 Å². The van der Waals surface area contributed by atoms with Gasteiger partial charge in [-0.15, -0.1) is 0 Å². The summed E-state index contributed by atoms with van der Waals surface area (Å²) in [4.78, 5) is 11.1. The number of thiocarbonyl (C=S) groups is 1. The van der Waals surface area contributed by atoms with Crippen molar-refractivity contribution < 1.29 is 26.4 Å². The Labute approximate surface area is 174 Å². The van der Waals surface area contributed by atoms with Gasteiger partial charge in [-0.05, 0) is 42.5 Å². The lowest BCUT2D eigenvalue weighted by molar-refractivity contribution is -0.137. The highest BCUT2D eigenvalue weighted by atomic mass is 35.5. The zero-order valence-corrected chi connectivity index (χ0v) is 16.8. The van der Waals surface area contributed by atoms with Crippen LogP contribution in [-0.2, 0) is 21.0 Å². The van der Waals surface area contributed by atoms with Crippen molar-refractivity contribution in [2.24, 2.45) is 0 Å². The van der Waals surface area contributed by atoms with Gasteiger partial charge in [-0.1, -0.05) is 29.8 Å². The molecule has 2 aromatic carbocycles. The van der Waals surface area contributed by atoms with E-state index in [4.69, 9.17) is 23.8 Å². The highest BCUT2D eigenvalue weighted by molar-refractivity contribution is 7.89. The fraction of sp³-hybridized carbons (Fsp3) is 0.125. The van der Waals surface area contributed by atoms with Crippen molar-refractivity contribution in [3.63, 3.8) is 0 Å². The third-order valence-corrected chi connectivity index (χ3v) is 5.26. The average molecular weight is 467 g/mol. The number of halogens is 4. The highest BCUT2D eigenvalue weighted by Crippen LogP contribution is 2.35. The van der Waals surface area contributed by atoms with Gasteiger partial charge in [-0.25, -0.2) is 13.1 Å². The maximum atomic E-state index is 12.9. The van der Waals surface area contributed by atoms with Crippen LogP contribution in [0.15, 0.2) is 53.4 Å². The van der Waals surface area contributed by atoms with Crippen molar-refractivity contribution in [1.82, 2.24) is 15.6 Å². The Morgan fingerprint density at radius 1 is 1.07 bits per heavy atom.